The Balaban J connectivity index is 1.68. The molecule has 0 spiro atoms. The highest BCUT2D eigenvalue weighted by molar-refractivity contribution is 5.58. The highest BCUT2D eigenvalue weighted by Crippen LogP contribution is 2.37. The van der Waals surface area contributed by atoms with Gasteiger partial charge < -0.3 is 10.3 Å². The van der Waals surface area contributed by atoms with Gasteiger partial charge in [-0.05, 0) is 30.9 Å². The standard InChI is InChI=1S/C15H16N6O/c16-15(6-3-7-15)14-19-13(22-20-14)12-5-2-1-4-11(12)8-21-10-17-9-18-21/h1-2,4-5,9-10H,3,6-8,16H2. The van der Waals surface area contributed by atoms with Crippen LogP contribution in [-0.4, -0.2) is 24.9 Å². The Morgan fingerprint density at radius 1 is 1.27 bits per heavy atom. The van der Waals surface area contributed by atoms with Crippen LogP contribution in [0.3, 0.4) is 0 Å². The van der Waals surface area contributed by atoms with Gasteiger partial charge in [-0.3, -0.25) is 0 Å². The summed E-state index contributed by atoms with van der Waals surface area (Å²) in [6.07, 6.45) is 6.13. The minimum absolute atomic E-state index is 0.414. The van der Waals surface area contributed by atoms with Gasteiger partial charge >= 0.3 is 0 Å². The van der Waals surface area contributed by atoms with Crippen molar-refractivity contribution in [2.75, 3.05) is 0 Å². The number of nitrogens with two attached hydrogens (primary N) is 1. The Morgan fingerprint density at radius 3 is 2.86 bits per heavy atom. The van der Waals surface area contributed by atoms with E-state index in [2.05, 4.69) is 20.2 Å². The molecule has 0 saturated heterocycles. The Kier molecular flexibility index (Phi) is 3.00. The molecule has 1 fully saturated rings. The first-order valence-corrected chi connectivity index (χ1v) is 7.28. The average Bonchev–Trinajstić information content (AvgIpc) is 3.17. The summed E-state index contributed by atoms with van der Waals surface area (Å²) in [4.78, 5) is 8.48. The molecule has 3 aromatic rings. The maximum Gasteiger partial charge on any atom is 0.258 e. The molecule has 0 atom stereocenters. The van der Waals surface area contributed by atoms with Crippen LogP contribution in [0.5, 0.6) is 0 Å². The maximum atomic E-state index is 6.26. The first-order valence-electron chi connectivity index (χ1n) is 7.28. The summed E-state index contributed by atoms with van der Waals surface area (Å²) >= 11 is 0. The van der Waals surface area contributed by atoms with E-state index in [1.165, 1.54) is 6.33 Å². The summed E-state index contributed by atoms with van der Waals surface area (Å²) in [6.45, 7) is 0.599. The molecule has 0 bridgehead atoms. The number of benzene rings is 1. The zero-order valence-corrected chi connectivity index (χ0v) is 12.0. The Hall–Kier alpha value is -2.54. The van der Waals surface area contributed by atoms with Crippen LogP contribution < -0.4 is 5.73 Å². The van der Waals surface area contributed by atoms with Gasteiger partial charge in [0.05, 0.1) is 12.1 Å². The van der Waals surface area contributed by atoms with E-state index in [1.807, 2.05) is 24.3 Å². The molecule has 1 aliphatic carbocycles. The topological polar surface area (TPSA) is 95.7 Å². The Morgan fingerprint density at radius 2 is 2.14 bits per heavy atom. The van der Waals surface area contributed by atoms with Crippen molar-refractivity contribution < 1.29 is 4.52 Å². The van der Waals surface area contributed by atoms with Gasteiger partial charge in [0.15, 0.2) is 5.82 Å². The molecule has 4 rings (SSSR count). The minimum atomic E-state index is -0.414. The molecular formula is C15H16N6O. The van der Waals surface area contributed by atoms with Gasteiger partial charge in [0.1, 0.15) is 12.7 Å². The lowest BCUT2D eigenvalue weighted by Crippen LogP contribution is -2.44. The van der Waals surface area contributed by atoms with Gasteiger partial charge in [0.2, 0.25) is 0 Å². The Labute approximate surface area is 127 Å². The molecular weight excluding hydrogens is 280 g/mol. The second-order valence-electron chi connectivity index (χ2n) is 5.68. The number of nitrogens with zero attached hydrogens (tertiary/aromatic N) is 5. The number of hydrogen-bond acceptors (Lipinski definition) is 6. The molecule has 1 aliphatic rings. The number of aromatic nitrogens is 5. The van der Waals surface area contributed by atoms with E-state index >= 15 is 0 Å². The largest absolute Gasteiger partial charge is 0.334 e. The van der Waals surface area contributed by atoms with E-state index in [0.29, 0.717) is 18.3 Å². The summed E-state index contributed by atoms with van der Waals surface area (Å²) in [7, 11) is 0. The summed E-state index contributed by atoms with van der Waals surface area (Å²) in [5.41, 5.74) is 7.79. The minimum Gasteiger partial charge on any atom is -0.334 e. The first-order chi connectivity index (χ1) is 10.7. The summed E-state index contributed by atoms with van der Waals surface area (Å²) in [5.74, 6) is 1.10. The average molecular weight is 296 g/mol. The zero-order chi connectivity index (χ0) is 15.0. The zero-order valence-electron chi connectivity index (χ0n) is 12.0. The first kappa shape index (κ1) is 13.1. The molecule has 7 nitrogen and oxygen atoms in total. The van der Waals surface area contributed by atoms with Crippen LogP contribution in [0, 0.1) is 0 Å². The lowest BCUT2D eigenvalue weighted by atomic mass is 9.77. The monoisotopic (exact) mass is 296 g/mol. The third-order valence-corrected chi connectivity index (χ3v) is 4.16. The summed E-state index contributed by atoms with van der Waals surface area (Å²) in [5, 5.41) is 8.21. The fourth-order valence-electron chi connectivity index (χ4n) is 2.67. The van der Waals surface area contributed by atoms with Crippen molar-refractivity contribution in [3.63, 3.8) is 0 Å². The second-order valence-corrected chi connectivity index (χ2v) is 5.68. The van der Waals surface area contributed by atoms with Gasteiger partial charge in [0, 0.05) is 5.56 Å². The highest BCUT2D eigenvalue weighted by atomic mass is 16.5. The molecule has 2 aromatic heterocycles. The predicted octanol–water partition coefficient (Wildman–Crippen LogP) is 1.71. The number of rotatable bonds is 4. The molecule has 22 heavy (non-hydrogen) atoms. The molecule has 2 N–H and O–H groups in total. The maximum absolute atomic E-state index is 6.26. The molecule has 1 saturated carbocycles. The molecule has 7 heteroatoms. The van der Waals surface area contributed by atoms with Crippen molar-refractivity contribution in [2.45, 2.75) is 31.3 Å². The van der Waals surface area contributed by atoms with Gasteiger partial charge in [-0.1, -0.05) is 23.4 Å². The second kappa shape index (κ2) is 5.03. The molecule has 0 unspecified atom stereocenters. The SMILES string of the molecule is NC1(c2noc(-c3ccccc3Cn3cncn3)n2)CCC1. The highest BCUT2D eigenvalue weighted by Gasteiger charge is 2.39. The van der Waals surface area contributed by atoms with Crippen LogP contribution in [0.2, 0.25) is 0 Å². The molecule has 2 heterocycles. The van der Waals surface area contributed by atoms with Gasteiger partial charge in [-0.15, -0.1) is 0 Å². The van der Waals surface area contributed by atoms with Crippen LogP contribution >= 0.6 is 0 Å². The van der Waals surface area contributed by atoms with Gasteiger partial charge in [-0.25, -0.2) is 9.67 Å². The third-order valence-electron chi connectivity index (χ3n) is 4.16. The van der Waals surface area contributed by atoms with E-state index < -0.39 is 5.54 Å². The van der Waals surface area contributed by atoms with Crippen molar-refractivity contribution in [3.05, 3.63) is 48.3 Å². The normalized spacial score (nSPS) is 16.4. The molecule has 1 aromatic carbocycles. The van der Waals surface area contributed by atoms with Crippen LogP contribution in [0.15, 0.2) is 41.4 Å². The van der Waals surface area contributed by atoms with E-state index in [9.17, 15) is 0 Å². The third kappa shape index (κ3) is 2.19. The molecule has 0 radical (unpaired) electrons. The van der Waals surface area contributed by atoms with E-state index in [0.717, 1.165) is 30.4 Å². The van der Waals surface area contributed by atoms with Crippen LogP contribution in [0.4, 0.5) is 0 Å². The smallest absolute Gasteiger partial charge is 0.258 e. The van der Waals surface area contributed by atoms with Crippen LogP contribution in [0.25, 0.3) is 11.5 Å². The van der Waals surface area contributed by atoms with Crippen molar-refractivity contribution in [2.24, 2.45) is 5.73 Å². The van der Waals surface area contributed by atoms with E-state index in [1.54, 1.807) is 11.0 Å². The summed E-state index contributed by atoms with van der Waals surface area (Å²) < 4.78 is 7.20. The Bertz CT molecular complexity index is 775. The summed E-state index contributed by atoms with van der Waals surface area (Å²) in [6, 6.07) is 7.91. The van der Waals surface area contributed by atoms with E-state index in [-0.39, 0.29) is 0 Å². The number of hydrogen-bond donors (Lipinski definition) is 1. The van der Waals surface area contributed by atoms with Gasteiger partial charge in [0.25, 0.3) is 5.89 Å². The van der Waals surface area contributed by atoms with Crippen LogP contribution in [-0.2, 0) is 12.1 Å². The van der Waals surface area contributed by atoms with Gasteiger partial charge in [-0.2, -0.15) is 10.1 Å². The fourth-order valence-corrected chi connectivity index (χ4v) is 2.67. The predicted molar refractivity (Wildman–Crippen MR) is 78.6 cm³/mol. The lowest BCUT2D eigenvalue weighted by Gasteiger charge is -2.34. The molecule has 0 aliphatic heterocycles. The van der Waals surface area contributed by atoms with Crippen molar-refractivity contribution in [3.8, 4) is 11.5 Å². The van der Waals surface area contributed by atoms with Crippen molar-refractivity contribution >= 4 is 0 Å². The van der Waals surface area contributed by atoms with E-state index in [4.69, 9.17) is 10.3 Å². The van der Waals surface area contributed by atoms with Crippen LogP contribution in [0.1, 0.15) is 30.7 Å². The quantitative estimate of drug-likeness (QED) is 0.787. The lowest BCUT2D eigenvalue weighted by molar-refractivity contribution is 0.229. The molecule has 112 valence electrons. The fraction of sp³-hybridized carbons (Fsp3) is 0.333. The van der Waals surface area contributed by atoms with Crippen molar-refractivity contribution in [1.82, 2.24) is 24.9 Å². The molecule has 0 amide bonds. The van der Waals surface area contributed by atoms with Crippen molar-refractivity contribution in [1.29, 1.82) is 0 Å².